The summed E-state index contributed by atoms with van der Waals surface area (Å²) in [5.41, 5.74) is 2.80. The molecule has 3 aliphatic heterocycles. The lowest BCUT2D eigenvalue weighted by Crippen LogP contribution is -2.70. The van der Waals surface area contributed by atoms with Crippen molar-refractivity contribution in [3.05, 3.63) is 47.3 Å². The van der Waals surface area contributed by atoms with Crippen LogP contribution >= 0.6 is 0 Å². The van der Waals surface area contributed by atoms with E-state index in [1.807, 2.05) is 39.0 Å². The maximum Gasteiger partial charge on any atom is 0.243 e. The smallest absolute Gasteiger partial charge is 0.243 e. The minimum Gasteiger partial charge on any atom is -0.352 e. The molecule has 0 saturated carbocycles. The number of nitrogens with zero attached hydrogens (tertiary/aromatic N) is 6. The van der Waals surface area contributed by atoms with Crippen LogP contribution in [-0.2, 0) is 10.0 Å². The number of anilines is 1. The van der Waals surface area contributed by atoms with Crippen LogP contribution in [0.2, 0.25) is 0 Å². The van der Waals surface area contributed by atoms with Gasteiger partial charge >= 0.3 is 0 Å². The lowest BCUT2D eigenvalue weighted by molar-refractivity contribution is 0.0873. The fourth-order valence-corrected chi connectivity index (χ4v) is 6.11. The highest BCUT2D eigenvalue weighted by Crippen LogP contribution is 2.38. The first-order valence-electron chi connectivity index (χ1n) is 9.39. The molecule has 1 aromatic carbocycles. The molecular weight excluding hydrogens is 376 g/mol. The fourth-order valence-electron chi connectivity index (χ4n) is 4.21. The van der Waals surface area contributed by atoms with Gasteiger partial charge in [0.1, 0.15) is 5.82 Å². The number of piperazine rings is 1. The second kappa shape index (κ2) is 5.99. The van der Waals surface area contributed by atoms with Crippen molar-refractivity contribution in [2.45, 2.75) is 44.2 Å². The Morgan fingerprint density at radius 1 is 0.964 bits per heavy atom. The number of sulfonamides is 1. The van der Waals surface area contributed by atoms with Crippen LogP contribution in [0.4, 0.5) is 5.82 Å². The predicted octanol–water partition coefficient (Wildman–Crippen LogP) is 1.70. The minimum absolute atomic E-state index is 0.0233. The number of piperidine rings is 1. The molecular formula is C19H22N6O2S. The van der Waals surface area contributed by atoms with Gasteiger partial charge in [0.15, 0.2) is 11.5 Å². The zero-order valence-electron chi connectivity index (χ0n) is 16.1. The van der Waals surface area contributed by atoms with Gasteiger partial charge < -0.3 is 4.90 Å². The van der Waals surface area contributed by atoms with E-state index in [0.717, 1.165) is 29.2 Å². The average molecular weight is 398 g/mol. The second-order valence-electron chi connectivity index (χ2n) is 7.74. The fraction of sp³-hybridized carbons (Fsp3) is 0.421. The van der Waals surface area contributed by atoms with E-state index in [0.29, 0.717) is 23.6 Å². The van der Waals surface area contributed by atoms with E-state index < -0.39 is 10.0 Å². The minimum atomic E-state index is -3.48. The third-order valence-corrected chi connectivity index (χ3v) is 7.91. The van der Waals surface area contributed by atoms with Crippen LogP contribution in [0.15, 0.2) is 35.2 Å². The molecule has 0 amide bonds. The van der Waals surface area contributed by atoms with Crippen LogP contribution in [0, 0.1) is 20.8 Å². The van der Waals surface area contributed by atoms with E-state index in [-0.39, 0.29) is 12.1 Å². The Balaban J connectivity index is 1.40. The Labute approximate surface area is 163 Å². The molecule has 3 aromatic rings. The molecule has 0 spiro atoms. The van der Waals surface area contributed by atoms with E-state index in [1.54, 1.807) is 21.0 Å². The van der Waals surface area contributed by atoms with Crippen LogP contribution in [0.5, 0.6) is 0 Å². The number of hydrogen-bond donors (Lipinski definition) is 0. The molecule has 0 aliphatic carbocycles. The molecule has 0 N–H and O–H groups in total. The molecule has 3 aliphatic rings. The van der Waals surface area contributed by atoms with E-state index in [1.165, 1.54) is 0 Å². The summed E-state index contributed by atoms with van der Waals surface area (Å²) in [7, 11) is -3.48. The molecule has 8 nitrogen and oxygen atoms in total. The molecule has 2 aromatic heterocycles. The Kier molecular flexibility index (Phi) is 3.76. The van der Waals surface area contributed by atoms with Crippen molar-refractivity contribution < 1.29 is 8.42 Å². The summed E-state index contributed by atoms with van der Waals surface area (Å²) in [4.78, 5) is 2.54. The highest BCUT2D eigenvalue weighted by molar-refractivity contribution is 7.89. The van der Waals surface area contributed by atoms with Gasteiger partial charge in [0, 0.05) is 25.2 Å². The molecule has 146 valence electrons. The van der Waals surface area contributed by atoms with E-state index in [2.05, 4.69) is 20.2 Å². The predicted molar refractivity (Wildman–Crippen MR) is 105 cm³/mol. The zero-order chi connectivity index (χ0) is 19.6. The molecule has 3 saturated heterocycles. The summed E-state index contributed by atoms with van der Waals surface area (Å²) in [6.45, 7) is 7.08. The Bertz CT molecular complexity index is 1180. The topological polar surface area (TPSA) is 83.7 Å². The number of benzene rings is 1. The summed E-state index contributed by atoms with van der Waals surface area (Å²) in [6.07, 6.45) is 0.897. The van der Waals surface area contributed by atoms with Crippen molar-refractivity contribution in [1.82, 2.24) is 24.1 Å². The van der Waals surface area contributed by atoms with E-state index in [4.69, 9.17) is 0 Å². The SMILES string of the molecule is Cc1ccc(S(=O)(=O)N2C3CC2CN(c2ccc4nnc(C)n4n2)C3)cc1C. The van der Waals surface area contributed by atoms with Gasteiger partial charge in [-0.1, -0.05) is 6.07 Å². The van der Waals surface area contributed by atoms with Crippen molar-refractivity contribution in [2.24, 2.45) is 0 Å². The van der Waals surface area contributed by atoms with Gasteiger partial charge in [-0.2, -0.15) is 8.82 Å². The van der Waals surface area contributed by atoms with Crippen LogP contribution in [0.25, 0.3) is 5.65 Å². The molecule has 3 fully saturated rings. The maximum absolute atomic E-state index is 13.2. The summed E-state index contributed by atoms with van der Waals surface area (Å²) in [5, 5.41) is 12.7. The standard InChI is InChI=1S/C19H22N6O2S/c1-12-4-5-17(8-13(12)2)28(26,27)25-15-9-16(25)11-23(10-15)19-7-6-18-21-20-14(3)24(18)22-19/h4-8,15-16H,9-11H2,1-3H3. The Hall–Kier alpha value is -2.52. The highest BCUT2D eigenvalue weighted by Gasteiger charge is 2.51. The van der Waals surface area contributed by atoms with E-state index in [9.17, 15) is 8.42 Å². The second-order valence-corrected chi connectivity index (χ2v) is 9.58. The van der Waals surface area contributed by atoms with Gasteiger partial charge in [-0.15, -0.1) is 15.3 Å². The first kappa shape index (κ1) is 17.6. The summed E-state index contributed by atoms with van der Waals surface area (Å²) < 4.78 is 29.8. The molecule has 2 unspecified atom stereocenters. The molecule has 2 bridgehead atoms. The van der Waals surface area contributed by atoms with Crippen molar-refractivity contribution in [2.75, 3.05) is 18.0 Å². The molecule has 28 heavy (non-hydrogen) atoms. The van der Waals surface area contributed by atoms with Crippen molar-refractivity contribution in [3.8, 4) is 0 Å². The lowest BCUT2D eigenvalue weighted by atomic mass is 9.91. The van der Waals surface area contributed by atoms with Gasteiger partial charge in [0.05, 0.1) is 4.90 Å². The normalized spacial score (nSPS) is 22.5. The first-order valence-corrected chi connectivity index (χ1v) is 10.8. The van der Waals surface area contributed by atoms with Gasteiger partial charge in [-0.05, 0) is 62.6 Å². The van der Waals surface area contributed by atoms with Crippen molar-refractivity contribution in [3.63, 3.8) is 0 Å². The zero-order valence-corrected chi connectivity index (χ0v) is 16.9. The monoisotopic (exact) mass is 398 g/mol. The molecule has 9 heteroatoms. The summed E-state index contributed by atoms with van der Waals surface area (Å²) >= 11 is 0. The molecule has 6 rings (SSSR count). The van der Waals surface area contributed by atoms with Gasteiger partial charge in [-0.3, -0.25) is 0 Å². The number of rotatable bonds is 3. The van der Waals surface area contributed by atoms with Crippen LogP contribution in [0.3, 0.4) is 0 Å². The van der Waals surface area contributed by atoms with Crippen molar-refractivity contribution >= 4 is 21.5 Å². The summed E-state index contributed by atoms with van der Waals surface area (Å²) in [5.74, 6) is 1.56. The van der Waals surface area contributed by atoms with Crippen LogP contribution in [0.1, 0.15) is 23.4 Å². The number of aryl methyl sites for hydroxylation is 3. The van der Waals surface area contributed by atoms with Crippen LogP contribution in [-0.4, -0.2) is 57.7 Å². The average Bonchev–Trinajstić information content (AvgIpc) is 3.04. The van der Waals surface area contributed by atoms with E-state index >= 15 is 0 Å². The number of aromatic nitrogens is 4. The lowest BCUT2D eigenvalue weighted by Gasteiger charge is -2.55. The van der Waals surface area contributed by atoms with Crippen molar-refractivity contribution in [1.29, 1.82) is 0 Å². The Morgan fingerprint density at radius 2 is 1.71 bits per heavy atom. The largest absolute Gasteiger partial charge is 0.352 e. The highest BCUT2D eigenvalue weighted by atomic mass is 32.2. The quantitative estimate of drug-likeness (QED) is 0.668. The number of fused-ring (bicyclic) bond motifs is 3. The third kappa shape index (κ3) is 2.53. The molecule has 2 atom stereocenters. The third-order valence-electron chi connectivity index (χ3n) is 5.91. The van der Waals surface area contributed by atoms with Gasteiger partial charge in [-0.25, -0.2) is 8.42 Å². The van der Waals surface area contributed by atoms with Crippen LogP contribution < -0.4 is 4.90 Å². The van der Waals surface area contributed by atoms with Gasteiger partial charge in [0.25, 0.3) is 0 Å². The molecule has 5 heterocycles. The van der Waals surface area contributed by atoms with Gasteiger partial charge in [0.2, 0.25) is 10.0 Å². The first-order chi connectivity index (χ1) is 13.3. The number of hydrogen-bond acceptors (Lipinski definition) is 6. The maximum atomic E-state index is 13.2. The molecule has 0 radical (unpaired) electrons. The summed E-state index contributed by atoms with van der Waals surface area (Å²) in [6, 6.07) is 9.15. The Morgan fingerprint density at radius 3 is 2.43 bits per heavy atom.